The van der Waals surface area contributed by atoms with Crippen LogP contribution in [-0.4, -0.2) is 29.2 Å². The van der Waals surface area contributed by atoms with Crippen LogP contribution in [0.3, 0.4) is 0 Å². The summed E-state index contributed by atoms with van der Waals surface area (Å²) in [4.78, 5) is 25.5. The maximum atomic E-state index is 11.0. The molecule has 1 rings (SSSR count). The molecule has 70 valence electrons. The zero-order valence-corrected chi connectivity index (χ0v) is 8.33. The molecule has 0 saturated carbocycles. The first-order valence-corrected chi connectivity index (χ1v) is 4.44. The van der Waals surface area contributed by atoms with Gasteiger partial charge in [0, 0.05) is 0 Å². The van der Waals surface area contributed by atoms with Gasteiger partial charge in [-0.1, -0.05) is 15.9 Å². The lowest BCUT2D eigenvalue weighted by Gasteiger charge is -1.89. The number of halogens is 1. The van der Waals surface area contributed by atoms with Crippen LogP contribution in [0.5, 0.6) is 0 Å². The third kappa shape index (κ3) is 2.15. The van der Waals surface area contributed by atoms with Gasteiger partial charge in [0.25, 0.3) is 5.89 Å². The summed E-state index contributed by atoms with van der Waals surface area (Å²) in [7, 11) is 1.23. The van der Waals surface area contributed by atoms with Crippen molar-refractivity contribution < 1.29 is 18.7 Å². The second-order valence-electron chi connectivity index (χ2n) is 2.09. The van der Waals surface area contributed by atoms with Gasteiger partial charge >= 0.3 is 5.97 Å². The Morgan fingerprint density at radius 3 is 2.92 bits per heavy atom. The summed E-state index contributed by atoms with van der Waals surface area (Å²) in [5.41, 5.74) is -0.00759. The van der Waals surface area contributed by atoms with E-state index in [1.807, 2.05) is 0 Å². The van der Waals surface area contributed by atoms with E-state index in [0.29, 0.717) is 0 Å². The Kier molecular flexibility index (Phi) is 3.18. The first-order valence-electron chi connectivity index (χ1n) is 3.32. The molecule has 0 aliphatic heterocycles. The number of hydrogen-bond acceptors (Lipinski definition) is 5. The number of ketones is 1. The summed E-state index contributed by atoms with van der Waals surface area (Å²) in [6.07, 6.45) is 1.09. The minimum absolute atomic E-state index is 0.00759. The van der Waals surface area contributed by atoms with Crippen LogP contribution in [0.1, 0.15) is 21.2 Å². The molecule has 0 aromatic carbocycles. The molecule has 1 aromatic heterocycles. The molecule has 0 saturated heterocycles. The molecule has 6 heteroatoms. The highest BCUT2D eigenvalue weighted by Crippen LogP contribution is 2.05. The van der Waals surface area contributed by atoms with Crippen molar-refractivity contribution in [3.8, 4) is 0 Å². The molecule has 0 aliphatic carbocycles. The number of methoxy groups -OCH3 is 1. The maximum Gasteiger partial charge on any atom is 0.360 e. The number of esters is 1. The molecular formula is C7H6BrNO4. The molecule has 0 atom stereocenters. The maximum absolute atomic E-state index is 11.0. The molecular weight excluding hydrogens is 242 g/mol. The molecule has 0 bridgehead atoms. The van der Waals surface area contributed by atoms with Gasteiger partial charge < -0.3 is 9.15 Å². The predicted molar refractivity (Wildman–Crippen MR) is 46.0 cm³/mol. The lowest BCUT2D eigenvalue weighted by Crippen LogP contribution is -2.04. The van der Waals surface area contributed by atoms with Crippen molar-refractivity contribution in [1.29, 1.82) is 0 Å². The van der Waals surface area contributed by atoms with Gasteiger partial charge in [0.15, 0.2) is 5.69 Å². The monoisotopic (exact) mass is 247 g/mol. The van der Waals surface area contributed by atoms with E-state index in [1.165, 1.54) is 7.11 Å². The van der Waals surface area contributed by atoms with Crippen LogP contribution < -0.4 is 0 Å². The lowest BCUT2D eigenvalue weighted by molar-refractivity contribution is 0.0594. The minimum atomic E-state index is -0.627. The number of carbonyl (C=O) groups excluding carboxylic acids is 2. The van der Waals surface area contributed by atoms with Gasteiger partial charge in [-0.05, 0) is 0 Å². The van der Waals surface area contributed by atoms with Crippen LogP contribution in [0, 0.1) is 0 Å². The van der Waals surface area contributed by atoms with E-state index in [1.54, 1.807) is 0 Å². The first kappa shape index (κ1) is 9.91. The molecule has 13 heavy (non-hydrogen) atoms. The van der Waals surface area contributed by atoms with E-state index in [2.05, 4.69) is 25.7 Å². The molecule has 0 spiro atoms. The Bertz CT molecular complexity index is 302. The normalized spacial score (nSPS) is 9.69. The Hall–Kier alpha value is -1.17. The Labute approximate surface area is 82.2 Å². The molecule has 0 amide bonds. The van der Waals surface area contributed by atoms with Crippen molar-refractivity contribution in [2.75, 3.05) is 12.4 Å². The van der Waals surface area contributed by atoms with Crippen LogP contribution in [0.25, 0.3) is 0 Å². The summed E-state index contributed by atoms with van der Waals surface area (Å²) in [5.74, 6) is -1.05. The minimum Gasteiger partial charge on any atom is -0.464 e. The highest BCUT2D eigenvalue weighted by molar-refractivity contribution is 9.09. The van der Waals surface area contributed by atoms with Crippen LogP contribution in [0.4, 0.5) is 0 Å². The summed E-state index contributed by atoms with van der Waals surface area (Å²) in [5, 5.41) is 0.105. The number of nitrogens with zero attached hydrogens (tertiary/aromatic N) is 1. The van der Waals surface area contributed by atoms with Gasteiger partial charge in [-0.3, -0.25) is 4.79 Å². The van der Waals surface area contributed by atoms with E-state index in [-0.39, 0.29) is 22.7 Å². The molecule has 1 aromatic rings. The van der Waals surface area contributed by atoms with Crippen molar-refractivity contribution >= 4 is 27.7 Å². The number of aromatic nitrogens is 1. The van der Waals surface area contributed by atoms with Gasteiger partial charge in [-0.25, -0.2) is 4.79 Å². The van der Waals surface area contributed by atoms with Gasteiger partial charge in [-0.2, -0.15) is 4.98 Å². The van der Waals surface area contributed by atoms with Gasteiger partial charge in [0.05, 0.1) is 12.4 Å². The van der Waals surface area contributed by atoms with Crippen LogP contribution in [-0.2, 0) is 4.74 Å². The number of oxazole rings is 1. The molecule has 0 radical (unpaired) electrons. The standard InChI is InChI=1S/C7H6BrNO4/c1-12-7(11)4-3-13-6(9-4)5(10)2-8/h3H,2H2,1H3. The lowest BCUT2D eigenvalue weighted by atomic mass is 10.4. The summed E-state index contributed by atoms with van der Waals surface area (Å²) < 4.78 is 9.13. The highest BCUT2D eigenvalue weighted by Gasteiger charge is 2.16. The topological polar surface area (TPSA) is 69.4 Å². The average Bonchev–Trinajstić information content (AvgIpc) is 2.64. The van der Waals surface area contributed by atoms with Gasteiger partial charge in [0.1, 0.15) is 6.26 Å². The number of hydrogen-bond donors (Lipinski definition) is 0. The largest absolute Gasteiger partial charge is 0.464 e. The van der Waals surface area contributed by atoms with Crippen LogP contribution in [0.15, 0.2) is 10.7 Å². The highest BCUT2D eigenvalue weighted by atomic mass is 79.9. The summed E-state index contributed by atoms with van der Waals surface area (Å²) >= 11 is 2.95. The quantitative estimate of drug-likeness (QED) is 0.454. The van der Waals surface area contributed by atoms with E-state index in [4.69, 9.17) is 4.42 Å². The Morgan fingerprint density at radius 1 is 1.69 bits per heavy atom. The van der Waals surface area contributed by atoms with Crippen LogP contribution in [0.2, 0.25) is 0 Å². The predicted octanol–water partition coefficient (Wildman–Crippen LogP) is 1.04. The van der Waals surface area contributed by atoms with E-state index < -0.39 is 5.97 Å². The van der Waals surface area contributed by atoms with E-state index in [9.17, 15) is 9.59 Å². The Balaban J connectivity index is 2.86. The average molecular weight is 248 g/mol. The van der Waals surface area contributed by atoms with Crippen molar-refractivity contribution in [2.24, 2.45) is 0 Å². The molecule has 0 fully saturated rings. The second-order valence-corrected chi connectivity index (χ2v) is 2.65. The second kappa shape index (κ2) is 4.18. The first-order chi connectivity index (χ1) is 6.19. The van der Waals surface area contributed by atoms with Crippen molar-refractivity contribution in [1.82, 2.24) is 4.98 Å². The molecule has 0 unspecified atom stereocenters. The zero-order chi connectivity index (χ0) is 9.84. The number of Topliss-reactive ketones (excluding diaryl/α,β-unsaturated/α-hetero) is 1. The smallest absolute Gasteiger partial charge is 0.360 e. The van der Waals surface area contributed by atoms with Crippen LogP contribution >= 0.6 is 15.9 Å². The Morgan fingerprint density at radius 2 is 2.38 bits per heavy atom. The number of rotatable bonds is 3. The third-order valence-corrected chi connectivity index (χ3v) is 1.77. The van der Waals surface area contributed by atoms with Gasteiger partial charge in [0.2, 0.25) is 5.78 Å². The van der Waals surface area contributed by atoms with Crippen molar-refractivity contribution in [3.05, 3.63) is 17.8 Å². The number of ether oxygens (including phenoxy) is 1. The SMILES string of the molecule is COC(=O)c1coc(C(=O)CBr)n1. The fourth-order valence-electron chi connectivity index (χ4n) is 0.657. The molecule has 0 N–H and O–H groups in total. The number of alkyl halides is 1. The summed E-state index contributed by atoms with van der Waals surface area (Å²) in [6, 6.07) is 0. The van der Waals surface area contributed by atoms with E-state index in [0.717, 1.165) is 6.26 Å². The fourth-order valence-corrected chi connectivity index (χ4v) is 0.897. The van der Waals surface area contributed by atoms with E-state index >= 15 is 0 Å². The fraction of sp³-hybridized carbons (Fsp3) is 0.286. The van der Waals surface area contributed by atoms with Gasteiger partial charge in [-0.15, -0.1) is 0 Å². The third-order valence-electron chi connectivity index (χ3n) is 1.26. The molecule has 1 heterocycles. The van der Waals surface area contributed by atoms with Crippen molar-refractivity contribution in [2.45, 2.75) is 0 Å². The molecule has 5 nitrogen and oxygen atoms in total. The van der Waals surface area contributed by atoms with Crippen molar-refractivity contribution in [3.63, 3.8) is 0 Å². The zero-order valence-electron chi connectivity index (χ0n) is 6.74. The number of carbonyl (C=O) groups is 2. The summed E-state index contributed by atoms with van der Waals surface area (Å²) in [6.45, 7) is 0. The molecule has 0 aliphatic rings.